The molecule has 0 aliphatic carbocycles. The first-order valence-electron chi connectivity index (χ1n) is 15.4. The maximum absolute atomic E-state index is 8.41. The molecule has 0 saturated heterocycles. The second-order valence-corrected chi connectivity index (χ2v) is 14.5. The molecule has 1 unspecified atom stereocenters. The highest BCUT2D eigenvalue weighted by Crippen LogP contribution is 2.23. The summed E-state index contributed by atoms with van der Waals surface area (Å²) in [7, 11) is -1.41. The van der Waals surface area contributed by atoms with Crippen LogP contribution in [0, 0.1) is 0 Å². The molecule has 0 spiro atoms. The van der Waals surface area contributed by atoms with Crippen LogP contribution in [-0.4, -0.2) is 97.0 Å². The Labute approximate surface area is 242 Å². The largest absolute Gasteiger partial charge is 0.417 e. The highest BCUT2D eigenvalue weighted by atomic mass is 32.1. The smallest absolute Gasteiger partial charge is 0.189 e. The Morgan fingerprint density at radius 2 is 0.895 bits per heavy atom. The first kappa shape index (κ1) is 40.4. The van der Waals surface area contributed by atoms with Gasteiger partial charge in [-0.3, -0.25) is 0 Å². The lowest BCUT2D eigenvalue weighted by Gasteiger charge is -2.26. The summed E-state index contributed by atoms with van der Waals surface area (Å²) < 4.78 is 26.5. The average molecular weight is 585 g/mol. The van der Waals surface area contributed by atoms with Crippen LogP contribution in [0.4, 0.5) is 0 Å². The van der Waals surface area contributed by atoms with Gasteiger partial charge in [-0.1, -0.05) is 77.6 Å². The molecule has 0 bridgehead atoms. The van der Waals surface area contributed by atoms with Gasteiger partial charge < -0.3 is 33.6 Å². The van der Waals surface area contributed by atoms with Gasteiger partial charge in [0.15, 0.2) is 8.32 Å². The van der Waals surface area contributed by atoms with Crippen molar-refractivity contribution in [1.29, 1.82) is 0 Å². The van der Waals surface area contributed by atoms with E-state index in [1.54, 1.807) is 0 Å². The number of rotatable bonds is 30. The maximum Gasteiger partial charge on any atom is 0.189 e. The van der Waals surface area contributed by atoms with Gasteiger partial charge in [0.05, 0.1) is 66.1 Å². The van der Waals surface area contributed by atoms with Gasteiger partial charge in [0.1, 0.15) is 0 Å². The van der Waals surface area contributed by atoms with Gasteiger partial charge in [0, 0.05) is 6.61 Å². The van der Waals surface area contributed by atoms with Crippen molar-refractivity contribution in [3.8, 4) is 0 Å². The Morgan fingerprint density at radius 1 is 0.526 bits per heavy atom. The number of hydrogen-bond donors (Lipinski definition) is 3. The summed E-state index contributed by atoms with van der Waals surface area (Å²) in [4.78, 5) is 0. The van der Waals surface area contributed by atoms with Gasteiger partial charge in [0.2, 0.25) is 0 Å². The van der Waals surface area contributed by atoms with E-state index in [0.717, 1.165) is 12.4 Å². The summed E-state index contributed by atoms with van der Waals surface area (Å²) in [5, 5.41) is 16.8. The van der Waals surface area contributed by atoms with Crippen molar-refractivity contribution in [2.24, 2.45) is 0 Å². The van der Waals surface area contributed by atoms with Crippen LogP contribution in [0.3, 0.4) is 0 Å². The Balaban J connectivity index is 0. The predicted octanol–water partition coefficient (Wildman–Crippen LogP) is 6.27. The van der Waals surface area contributed by atoms with Gasteiger partial charge in [-0.2, -0.15) is 12.6 Å². The summed E-state index contributed by atoms with van der Waals surface area (Å²) in [6.45, 7) is 11.5. The standard InChI is InChI=1S/C19H42OSSi.C10H22O6/c1-4-6-7-8-9-10-11-12-13-14-15-18-22(3,20-5-2)19-16-17-21;11-1-3-13-5-7-15-9-10-16-8-6-14-4-2-12/h21H,4-19H2,1-3H3;11-12H,1-10H2. The van der Waals surface area contributed by atoms with Gasteiger partial charge in [-0.25, -0.2) is 0 Å². The molecule has 0 aromatic heterocycles. The van der Waals surface area contributed by atoms with Gasteiger partial charge in [-0.05, 0) is 37.7 Å². The molecule has 38 heavy (non-hydrogen) atoms. The molecule has 0 aromatic carbocycles. The third-order valence-corrected chi connectivity index (χ3v) is 10.4. The number of hydrogen-bond acceptors (Lipinski definition) is 8. The molecule has 7 nitrogen and oxygen atoms in total. The van der Waals surface area contributed by atoms with E-state index in [2.05, 4.69) is 33.0 Å². The molecular weight excluding hydrogens is 520 g/mol. The van der Waals surface area contributed by atoms with Crippen LogP contribution < -0.4 is 0 Å². The van der Waals surface area contributed by atoms with Crippen molar-refractivity contribution in [2.75, 3.05) is 78.4 Å². The third-order valence-electron chi connectivity index (χ3n) is 6.25. The normalized spacial score (nSPS) is 12.8. The predicted molar refractivity (Wildman–Crippen MR) is 165 cm³/mol. The highest BCUT2D eigenvalue weighted by Gasteiger charge is 2.26. The van der Waals surface area contributed by atoms with E-state index >= 15 is 0 Å². The fraction of sp³-hybridized carbons (Fsp3) is 1.00. The van der Waals surface area contributed by atoms with Crippen molar-refractivity contribution in [3.63, 3.8) is 0 Å². The van der Waals surface area contributed by atoms with E-state index in [0.29, 0.717) is 52.9 Å². The molecule has 0 fully saturated rings. The Kier molecular flexibility index (Phi) is 37.6. The zero-order valence-electron chi connectivity index (χ0n) is 25.3. The van der Waals surface area contributed by atoms with Crippen molar-refractivity contribution in [2.45, 2.75) is 110 Å². The van der Waals surface area contributed by atoms with Crippen LogP contribution in [0.25, 0.3) is 0 Å². The number of aliphatic hydroxyl groups is 2. The zero-order chi connectivity index (χ0) is 28.4. The molecule has 2 N–H and O–H groups in total. The van der Waals surface area contributed by atoms with Crippen molar-refractivity contribution in [1.82, 2.24) is 0 Å². The van der Waals surface area contributed by atoms with Crippen LogP contribution in [0.1, 0.15) is 90.9 Å². The van der Waals surface area contributed by atoms with E-state index < -0.39 is 8.32 Å². The molecule has 232 valence electrons. The molecule has 0 amide bonds. The lowest BCUT2D eigenvalue weighted by Crippen LogP contribution is -2.34. The van der Waals surface area contributed by atoms with Crippen molar-refractivity contribution < 1.29 is 33.6 Å². The lowest BCUT2D eigenvalue weighted by atomic mass is 10.1. The van der Waals surface area contributed by atoms with Crippen LogP contribution in [0.5, 0.6) is 0 Å². The van der Waals surface area contributed by atoms with Crippen molar-refractivity contribution >= 4 is 20.9 Å². The molecule has 0 aromatic rings. The molecule has 0 rings (SSSR count). The Hall–Kier alpha value is 0.287. The number of ether oxygens (including phenoxy) is 4. The molecule has 9 heteroatoms. The van der Waals surface area contributed by atoms with Crippen LogP contribution in [0.15, 0.2) is 0 Å². The summed E-state index contributed by atoms with van der Waals surface area (Å²) in [5.41, 5.74) is 0. The second kappa shape index (κ2) is 35.3. The second-order valence-electron chi connectivity index (χ2n) is 9.89. The third kappa shape index (κ3) is 34.3. The minimum absolute atomic E-state index is 0.0386. The molecule has 0 saturated carbocycles. The lowest BCUT2D eigenvalue weighted by molar-refractivity contribution is -0.00856. The van der Waals surface area contributed by atoms with E-state index in [-0.39, 0.29) is 13.2 Å². The first-order chi connectivity index (χ1) is 18.6. The van der Waals surface area contributed by atoms with Gasteiger partial charge in [-0.15, -0.1) is 0 Å². The zero-order valence-corrected chi connectivity index (χ0v) is 27.2. The topological polar surface area (TPSA) is 86.6 Å². The quantitative estimate of drug-likeness (QED) is 0.0521. The summed E-state index contributed by atoms with van der Waals surface area (Å²) >= 11 is 4.35. The van der Waals surface area contributed by atoms with E-state index in [1.807, 2.05) is 0 Å². The molecule has 0 aliphatic rings. The fourth-order valence-corrected chi connectivity index (χ4v) is 7.74. The molecule has 0 heterocycles. The summed E-state index contributed by atoms with van der Waals surface area (Å²) in [6.07, 6.45) is 16.9. The molecule has 1 atom stereocenters. The SMILES string of the molecule is CCCCCCCCCCCCC[Si](C)(CCCS)OCC.OCCOCCOCCOCCOCCO. The summed E-state index contributed by atoms with van der Waals surface area (Å²) in [5.74, 6) is 1.01. The minimum Gasteiger partial charge on any atom is -0.417 e. The van der Waals surface area contributed by atoms with E-state index in [9.17, 15) is 0 Å². The van der Waals surface area contributed by atoms with Crippen molar-refractivity contribution in [3.05, 3.63) is 0 Å². The average Bonchev–Trinajstić information content (AvgIpc) is 2.92. The van der Waals surface area contributed by atoms with Crippen LogP contribution >= 0.6 is 12.6 Å². The van der Waals surface area contributed by atoms with E-state index in [1.165, 1.54) is 89.1 Å². The molecule has 0 radical (unpaired) electrons. The minimum atomic E-state index is -1.41. The van der Waals surface area contributed by atoms with Crippen LogP contribution in [0.2, 0.25) is 18.6 Å². The highest BCUT2D eigenvalue weighted by molar-refractivity contribution is 7.80. The maximum atomic E-state index is 8.41. The van der Waals surface area contributed by atoms with Gasteiger partial charge in [0.25, 0.3) is 0 Å². The Morgan fingerprint density at radius 3 is 1.26 bits per heavy atom. The number of thiol groups is 1. The van der Waals surface area contributed by atoms with E-state index in [4.69, 9.17) is 33.6 Å². The molecule has 0 aliphatic heterocycles. The Bertz CT molecular complexity index is 410. The fourth-order valence-electron chi connectivity index (χ4n) is 4.12. The molecular formula is C29H64O7SSi. The van der Waals surface area contributed by atoms with Gasteiger partial charge >= 0.3 is 0 Å². The monoisotopic (exact) mass is 584 g/mol. The summed E-state index contributed by atoms with van der Waals surface area (Å²) in [6, 6.07) is 2.65. The van der Waals surface area contributed by atoms with Crippen LogP contribution in [-0.2, 0) is 23.4 Å². The first-order valence-corrected chi connectivity index (χ1v) is 18.8. The number of aliphatic hydroxyl groups excluding tert-OH is 2. The number of unbranched alkanes of at least 4 members (excludes halogenated alkanes) is 10.